The fraction of sp³-hybridized carbons (Fsp3) is 0.571. The molecular formula is C14H19N5O3. The summed E-state index contributed by atoms with van der Waals surface area (Å²) in [4.78, 5) is 44.4. The van der Waals surface area contributed by atoms with Gasteiger partial charge in [0.15, 0.2) is 0 Å². The summed E-state index contributed by atoms with van der Waals surface area (Å²) in [6.07, 6.45) is 5.75. The van der Waals surface area contributed by atoms with Crippen molar-refractivity contribution in [1.29, 1.82) is 0 Å². The Morgan fingerprint density at radius 1 is 1.23 bits per heavy atom. The largest absolute Gasteiger partial charge is 0.348 e. The van der Waals surface area contributed by atoms with E-state index in [1.54, 1.807) is 17.3 Å². The smallest absolute Gasteiger partial charge is 0.322 e. The lowest BCUT2D eigenvalue weighted by Crippen LogP contribution is -2.51. The van der Waals surface area contributed by atoms with Gasteiger partial charge in [-0.15, -0.1) is 0 Å². The van der Waals surface area contributed by atoms with Crippen LogP contribution in [-0.4, -0.2) is 51.8 Å². The molecule has 1 atom stereocenters. The minimum absolute atomic E-state index is 0.109. The van der Waals surface area contributed by atoms with E-state index in [1.807, 2.05) is 0 Å². The minimum Gasteiger partial charge on any atom is -0.348 e. The van der Waals surface area contributed by atoms with Gasteiger partial charge in [0, 0.05) is 37.8 Å². The number of likely N-dealkylation sites (tertiary alicyclic amines) is 1. The number of imide groups is 1. The number of carbonyl (C=O) groups excluding carboxylic acids is 3. The summed E-state index contributed by atoms with van der Waals surface area (Å²) in [5, 5.41) is 4.75. The van der Waals surface area contributed by atoms with Crippen molar-refractivity contribution in [1.82, 2.24) is 25.5 Å². The normalized spacial score (nSPS) is 23.6. The second-order valence-corrected chi connectivity index (χ2v) is 5.69. The zero-order chi connectivity index (χ0) is 15.5. The first-order chi connectivity index (χ1) is 10.6. The molecule has 8 nitrogen and oxygen atoms in total. The Kier molecular flexibility index (Phi) is 4.08. The monoisotopic (exact) mass is 305 g/mol. The molecule has 0 radical (unpaired) electrons. The quantitative estimate of drug-likeness (QED) is 0.720. The number of rotatable bonds is 2. The van der Waals surface area contributed by atoms with Crippen molar-refractivity contribution in [2.24, 2.45) is 0 Å². The van der Waals surface area contributed by atoms with Crippen LogP contribution in [-0.2, 0) is 9.59 Å². The molecule has 0 saturated carbocycles. The zero-order valence-electron chi connectivity index (χ0n) is 12.2. The first kappa shape index (κ1) is 14.6. The van der Waals surface area contributed by atoms with Gasteiger partial charge in [-0.1, -0.05) is 0 Å². The van der Waals surface area contributed by atoms with Crippen LogP contribution in [0.25, 0.3) is 0 Å². The zero-order valence-corrected chi connectivity index (χ0v) is 12.2. The molecule has 2 saturated heterocycles. The Bertz CT molecular complexity index is 563. The molecule has 8 heteroatoms. The standard InChI is InChI=1S/C14H19N5O3/c20-11-2-1-10(17-14(22)18-11)13(21)19-7-3-9(4-8-19)12-15-5-6-16-12/h5-6,9-10H,1-4,7-8H2,(H,15,16)(H2,17,18,20,22). The number of hydrogen-bond acceptors (Lipinski definition) is 4. The van der Waals surface area contributed by atoms with E-state index in [2.05, 4.69) is 20.6 Å². The number of nitrogens with one attached hydrogen (secondary N) is 3. The lowest BCUT2D eigenvalue weighted by Gasteiger charge is -2.33. The maximum Gasteiger partial charge on any atom is 0.322 e. The van der Waals surface area contributed by atoms with Crippen molar-refractivity contribution in [3.63, 3.8) is 0 Å². The van der Waals surface area contributed by atoms with Crippen LogP contribution >= 0.6 is 0 Å². The molecule has 0 spiro atoms. The van der Waals surface area contributed by atoms with Crippen LogP contribution in [0.1, 0.15) is 37.4 Å². The predicted molar refractivity (Wildman–Crippen MR) is 76.8 cm³/mol. The number of H-pyrrole nitrogens is 1. The minimum atomic E-state index is -0.619. The first-order valence-electron chi connectivity index (χ1n) is 7.52. The van der Waals surface area contributed by atoms with Crippen LogP contribution in [0.3, 0.4) is 0 Å². The van der Waals surface area contributed by atoms with Gasteiger partial charge in [0.05, 0.1) is 0 Å². The molecule has 3 N–H and O–H groups in total. The fourth-order valence-corrected chi connectivity index (χ4v) is 3.01. The van der Waals surface area contributed by atoms with E-state index in [-0.39, 0.29) is 18.2 Å². The molecule has 1 aromatic rings. The van der Waals surface area contributed by atoms with E-state index in [1.165, 1.54) is 0 Å². The van der Waals surface area contributed by atoms with Crippen LogP contribution in [0, 0.1) is 0 Å². The van der Waals surface area contributed by atoms with Gasteiger partial charge >= 0.3 is 6.03 Å². The van der Waals surface area contributed by atoms with E-state index in [9.17, 15) is 14.4 Å². The third-order valence-electron chi connectivity index (χ3n) is 4.23. The Labute approximate surface area is 127 Å². The topological polar surface area (TPSA) is 107 Å². The van der Waals surface area contributed by atoms with Gasteiger partial charge in [-0.2, -0.15) is 0 Å². The highest BCUT2D eigenvalue weighted by Gasteiger charge is 2.32. The Balaban J connectivity index is 1.57. The van der Waals surface area contributed by atoms with Gasteiger partial charge in [-0.3, -0.25) is 14.9 Å². The fourth-order valence-electron chi connectivity index (χ4n) is 3.01. The number of carbonyl (C=O) groups is 3. The summed E-state index contributed by atoms with van der Waals surface area (Å²) >= 11 is 0. The molecule has 22 heavy (non-hydrogen) atoms. The number of aromatic amines is 1. The maximum atomic E-state index is 12.5. The maximum absolute atomic E-state index is 12.5. The second kappa shape index (κ2) is 6.17. The molecule has 1 unspecified atom stereocenters. The highest BCUT2D eigenvalue weighted by Crippen LogP contribution is 2.25. The summed E-state index contributed by atoms with van der Waals surface area (Å²) in [5.41, 5.74) is 0. The highest BCUT2D eigenvalue weighted by molar-refractivity contribution is 5.98. The lowest BCUT2D eigenvalue weighted by atomic mass is 9.95. The van der Waals surface area contributed by atoms with E-state index in [4.69, 9.17) is 0 Å². The molecule has 118 valence electrons. The van der Waals surface area contributed by atoms with Gasteiger partial charge in [-0.25, -0.2) is 9.78 Å². The molecule has 1 aromatic heterocycles. The number of urea groups is 1. The third kappa shape index (κ3) is 3.10. The highest BCUT2D eigenvalue weighted by atomic mass is 16.2. The predicted octanol–water partition coefficient (Wildman–Crippen LogP) is 0.104. The van der Waals surface area contributed by atoms with Gasteiger partial charge < -0.3 is 15.2 Å². The molecule has 2 aliphatic rings. The van der Waals surface area contributed by atoms with E-state index in [0.717, 1.165) is 18.7 Å². The van der Waals surface area contributed by atoms with Gasteiger partial charge in [0.25, 0.3) is 0 Å². The number of hydrogen-bond donors (Lipinski definition) is 3. The molecule has 0 bridgehead atoms. The summed E-state index contributed by atoms with van der Waals surface area (Å²) in [6.45, 7) is 1.27. The second-order valence-electron chi connectivity index (χ2n) is 5.69. The summed E-state index contributed by atoms with van der Waals surface area (Å²) in [7, 11) is 0. The van der Waals surface area contributed by atoms with E-state index in [0.29, 0.717) is 25.4 Å². The van der Waals surface area contributed by atoms with Crippen LogP contribution < -0.4 is 10.6 Å². The average Bonchev–Trinajstić information content (AvgIpc) is 2.99. The molecule has 0 aliphatic carbocycles. The molecule has 3 rings (SSSR count). The van der Waals surface area contributed by atoms with Gasteiger partial charge in [0.2, 0.25) is 11.8 Å². The molecule has 4 amide bonds. The Morgan fingerprint density at radius 3 is 2.68 bits per heavy atom. The van der Waals surface area contributed by atoms with Crippen LogP contribution in [0.4, 0.5) is 4.79 Å². The van der Waals surface area contributed by atoms with Crippen molar-refractivity contribution in [2.45, 2.75) is 37.6 Å². The van der Waals surface area contributed by atoms with E-state index >= 15 is 0 Å². The average molecular weight is 305 g/mol. The van der Waals surface area contributed by atoms with Crippen molar-refractivity contribution in [3.8, 4) is 0 Å². The third-order valence-corrected chi connectivity index (χ3v) is 4.23. The van der Waals surface area contributed by atoms with Crippen LogP contribution in [0.2, 0.25) is 0 Å². The number of aromatic nitrogens is 2. The van der Waals surface area contributed by atoms with Crippen LogP contribution in [0.15, 0.2) is 12.4 Å². The van der Waals surface area contributed by atoms with Gasteiger partial charge in [0.1, 0.15) is 11.9 Å². The van der Waals surface area contributed by atoms with Gasteiger partial charge in [-0.05, 0) is 19.3 Å². The summed E-state index contributed by atoms with van der Waals surface area (Å²) in [6, 6.07) is -1.21. The number of piperidine rings is 1. The molecule has 0 aromatic carbocycles. The summed E-state index contributed by atoms with van der Waals surface area (Å²) in [5.74, 6) is 0.850. The van der Waals surface area contributed by atoms with Crippen molar-refractivity contribution >= 4 is 17.8 Å². The molecule has 3 heterocycles. The lowest BCUT2D eigenvalue weighted by molar-refractivity contribution is -0.134. The Hall–Kier alpha value is -2.38. The SMILES string of the molecule is O=C1CCC(C(=O)N2CCC(c3ncc[nH]3)CC2)NC(=O)N1. The molecule has 2 fully saturated rings. The first-order valence-corrected chi connectivity index (χ1v) is 7.52. The van der Waals surface area contributed by atoms with Crippen molar-refractivity contribution < 1.29 is 14.4 Å². The van der Waals surface area contributed by atoms with Crippen LogP contribution in [0.5, 0.6) is 0 Å². The molecular weight excluding hydrogens is 286 g/mol. The summed E-state index contributed by atoms with van der Waals surface area (Å²) < 4.78 is 0. The van der Waals surface area contributed by atoms with E-state index < -0.39 is 12.1 Å². The number of imidazole rings is 1. The Morgan fingerprint density at radius 2 is 2.00 bits per heavy atom. The number of amides is 4. The molecule has 2 aliphatic heterocycles. The number of nitrogens with zero attached hydrogens (tertiary/aromatic N) is 2. The van der Waals surface area contributed by atoms with Crippen molar-refractivity contribution in [2.75, 3.05) is 13.1 Å². The van der Waals surface area contributed by atoms with Crippen molar-refractivity contribution in [3.05, 3.63) is 18.2 Å².